The summed E-state index contributed by atoms with van der Waals surface area (Å²) in [6.45, 7) is 2.57. The minimum absolute atomic E-state index is 0.407. The summed E-state index contributed by atoms with van der Waals surface area (Å²) in [7, 11) is 0. The zero-order chi connectivity index (χ0) is 15.2. The molecule has 0 saturated heterocycles. The number of alkyl halides is 3. The lowest BCUT2D eigenvalue weighted by atomic mass is 10.2. The molecule has 3 aromatic rings. The third-order valence-corrected chi connectivity index (χ3v) is 4.70. The molecule has 0 amide bonds. The van der Waals surface area contributed by atoms with Crippen LogP contribution in [0.1, 0.15) is 16.0 Å². The quantitative estimate of drug-likeness (QED) is 0.646. The van der Waals surface area contributed by atoms with Crippen molar-refractivity contribution < 1.29 is 13.2 Å². The van der Waals surface area contributed by atoms with Crippen molar-refractivity contribution in [3.8, 4) is 0 Å². The Kier molecular flexibility index (Phi) is 3.41. The third kappa shape index (κ3) is 2.63. The first kappa shape index (κ1) is 14.3. The molecule has 0 spiro atoms. The van der Waals surface area contributed by atoms with Crippen LogP contribution in [0, 0.1) is 11.7 Å². The van der Waals surface area contributed by atoms with E-state index >= 15 is 0 Å². The van der Waals surface area contributed by atoms with Crippen molar-refractivity contribution >= 4 is 34.6 Å². The van der Waals surface area contributed by atoms with Gasteiger partial charge in [0.2, 0.25) is 0 Å². The number of halogens is 3. The molecular formula is C14H11F3N2S2. The first-order valence-corrected chi connectivity index (χ1v) is 7.48. The number of aromatic nitrogens is 2. The number of imidazole rings is 1. The summed E-state index contributed by atoms with van der Waals surface area (Å²) in [5, 5.41) is 1.99. The zero-order valence-electron chi connectivity index (χ0n) is 11.0. The van der Waals surface area contributed by atoms with Gasteiger partial charge in [0, 0.05) is 4.88 Å². The number of hydrogen-bond acceptors (Lipinski definition) is 2. The summed E-state index contributed by atoms with van der Waals surface area (Å²) < 4.78 is 40.5. The van der Waals surface area contributed by atoms with Crippen LogP contribution in [-0.4, -0.2) is 9.55 Å². The van der Waals surface area contributed by atoms with Gasteiger partial charge in [0.25, 0.3) is 0 Å². The lowest BCUT2D eigenvalue weighted by Gasteiger charge is -2.07. The smallest absolute Gasteiger partial charge is 0.331 e. The average Bonchev–Trinajstić information content (AvgIpc) is 2.93. The third-order valence-electron chi connectivity index (χ3n) is 3.37. The summed E-state index contributed by atoms with van der Waals surface area (Å²) in [6, 6.07) is 5.67. The van der Waals surface area contributed by atoms with E-state index in [2.05, 4.69) is 4.98 Å². The summed E-state index contributed by atoms with van der Waals surface area (Å²) in [5.74, 6) is 0. The topological polar surface area (TPSA) is 20.7 Å². The van der Waals surface area contributed by atoms with Crippen molar-refractivity contribution in [2.75, 3.05) is 0 Å². The Labute approximate surface area is 127 Å². The van der Waals surface area contributed by atoms with Gasteiger partial charge in [-0.05, 0) is 54.4 Å². The Morgan fingerprint density at radius 1 is 1.29 bits per heavy atom. The van der Waals surface area contributed by atoms with E-state index in [0.29, 0.717) is 22.3 Å². The van der Waals surface area contributed by atoms with Gasteiger partial charge in [-0.25, -0.2) is 0 Å². The van der Waals surface area contributed by atoms with Crippen molar-refractivity contribution in [2.45, 2.75) is 19.6 Å². The molecule has 2 heterocycles. The Bertz CT molecular complexity index is 855. The van der Waals surface area contributed by atoms with E-state index in [9.17, 15) is 13.2 Å². The number of H-pyrrole nitrogens is 1. The molecule has 2 aromatic heterocycles. The van der Waals surface area contributed by atoms with Crippen LogP contribution in [0.5, 0.6) is 0 Å². The van der Waals surface area contributed by atoms with Crippen LogP contribution in [0.25, 0.3) is 11.0 Å². The van der Waals surface area contributed by atoms with E-state index in [4.69, 9.17) is 12.2 Å². The number of hydrogen-bond donors (Lipinski definition) is 1. The van der Waals surface area contributed by atoms with Gasteiger partial charge in [0.15, 0.2) is 4.77 Å². The number of fused-ring (bicyclic) bond motifs is 1. The van der Waals surface area contributed by atoms with Crippen molar-refractivity contribution in [3.63, 3.8) is 0 Å². The molecule has 1 aromatic carbocycles. The van der Waals surface area contributed by atoms with Crippen LogP contribution < -0.4 is 0 Å². The van der Waals surface area contributed by atoms with Crippen LogP contribution in [0.2, 0.25) is 0 Å². The predicted molar refractivity (Wildman–Crippen MR) is 80.3 cm³/mol. The second kappa shape index (κ2) is 4.99. The molecule has 0 fully saturated rings. The number of nitrogens with zero attached hydrogens (tertiary/aromatic N) is 1. The Morgan fingerprint density at radius 2 is 2.05 bits per heavy atom. The highest BCUT2D eigenvalue weighted by atomic mass is 32.1. The van der Waals surface area contributed by atoms with Gasteiger partial charge in [0.1, 0.15) is 0 Å². The number of nitrogens with one attached hydrogen (secondary N) is 1. The van der Waals surface area contributed by atoms with E-state index in [1.54, 1.807) is 11.3 Å². The molecule has 3 rings (SSSR count). The maximum Gasteiger partial charge on any atom is 0.416 e. The fraction of sp³-hybridized carbons (Fsp3) is 0.214. The van der Waals surface area contributed by atoms with Crippen LogP contribution in [0.4, 0.5) is 13.2 Å². The number of thiophene rings is 1. The van der Waals surface area contributed by atoms with Gasteiger partial charge >= 0.3 is 6.18 Å². The lowest BCUT2D eigenvalue weighted by molar-refractivity contribution is -0.137. The number of rotatable bonds is 2. The maximum atomic E-state index is 12.7. The molecule has 0 aliphatic heterocycles. The molecule has 0 saturated carbocycles. The molecule has 1 N–H and O–H groups in total. The molecule has 21 heavy (non-hydrogen) atoms. The minimum Gasteiger partial charge on any atom is -0.331 e. The monoisotopic (exact) mass is 328 g/mol. The fourth-order valence-electron chi connectivity index (χ4n) is 2.21. The highest BCUT2D eigenvalue weighted by molar-refractivity contribution is 7.71. The van der Waals surface area contributed by atoms with Gasteiger partial charge in [0.05, 0.1) is 23.1 Å². The molecule has 110 valence electrons. The molecule has 0 unspecified atom stereocenters. The van der Waals surface area contributed by atoms with Gasteiger partial charge in [-0.1, -0.05) is 0 Å². The molecule has 0 aliphatic rings. The normalized spacial score (nSPS) is 12.2. The van der Waals surface area contributed by atoms with Crippen LogP contribution in [0.15, 0.2) is 29.6 Å². The first-order valence-electron chi connectivity index (χ1n) is 6.19. The van der Waals surface area contributed by atoms with E-state index in [1.807, 2.05) is 22.9 Å². The molecule has 0 atom stereocenters. The van der Waals surface area contributed by atoms with Gasteiger partial charge < -0.3 is 9.55 Å². The minimum atomic E-state index is -4.35. The Hall–Kier alpha value is -1.60. The SMILES string of the molecule is Cc1ccsc1Cn1c(=S)[nH]c2cc(C(F)(F)F)ccc21. The molecule has 0 bridgehead atoms. The summed E-state index contributed by atoms with van der Waals surface area (Å²) in [4.78, 5) is 4.00. The van der Waals surface area contributed by atoms with E-state index in [1.165, 1.54) is 6.07 Å². The largest absolute Gasteiger partial charge is 0.416 e. The summed E-state index contributed by atoms with van der Waals surface area (Å²) in [6.07, 6.45) is -4.35. The van der Waals surface area contributed by atoms with Crippen LogP contribution in [-0.2, 0) is 12.7 Å². The van der Waals surface area contributed by atoms with Gasteiger partial charge in [-0.3, -0.25) is 0 Å². The van der Waals surface area contributed by atoms with Crippen molar-refractivity contribution in [3.05, 3.63) is 50.4 Å². The van der Waals surface area contributed by atoms with Crippen molar-refractivity contribution in [2.24, 2.45) is 0 Å². The van der Waals surface area contributed by atoms with Gasteiger partial charge in [-0.2, -0.15) is 13.2 Å². The molecular weight excluding hydrogens is 317 g/mol. The number of aryl methyl sites for hydroxylation is 1. The summed E-state index contributed by atoms with van der Waals surface area (Å²) in [5.41, 5.74) is 1.57. The van der Waals surface area contributed by atoms with Crippen molar-refractivity contribution in [1.82, 2.24) is 9.55 Å². The van der Waals surface area contributed by atoms with Gasteiger partial charge in [-0.15, -0.1) is 11.3 Å². The zero-order valence-corrected chi connectivity index (χ0v) is 12.6. The van der Waals surface area contributed by atoms with Crippen LogP contribution >= 0.6 is 23.6 Å². The molecule has 0 aliphatic carbocycles. The summed E-state index contributed by atoms with van der Waals surface area (Å²) >= 11 is 6.85. The van der Waals surface area contributed by atoms with E-state index in [0.717, 1.165) is 22.6 Å². The highest BCUT2D eigenvalue weighted by Gasteiger charge is 2.30. The Morgan fingerprint density at radius 3 is 2.67 bits per heavy atom. The average molecular weight is 328 g/mol. The maximum absolute atomic E-state index is 12.7. The second-order valence-electron chi connectivity index (χ2n) is 4.77. The van der Waals surface area contributed by atoms with E-state index < -0.39 is 11.7 Å². The number of aromatic amines is 1. The molecule has 0 radical (unpaired) electrons. The standard InChI is InChI=1S/C14H11F3N2S2/c1-8-4-5-21-12(8)7-19-11-3-2-9(14(15,16)17)6-10(11)18-13(19)20/h2-6H,7H2,1H3,(H,18,20). The molecule has 2 nitrogen and oxygen atoms in total. The second-order valence-corrected chi connectivity index (χ2v) is 6.16. The molecule has 7 heteroatoms. The fourth-order valence-corrected chi connectivity index (χ4v) is 3.37. The van der Waals surface area contributed by atoms with E-state index in [-0.39, 0.29) is 0 Å². The van der Waals surface area contributed by atoms with Crippen LogP contribution in [0.3, 0.4) is 0 Å². The number of benzene rings is 1. The first-order chi connectivity index (χ1) is 9.86. The van der Waals surface area contributed by atoms with Crippen molar-refractivity contribution in [1.29, 1.82) is 0 Å². The lowest BCUT2D eigenvalue weighted by Crippen LogP contribution is -2.04. The highest BCUT2D eigenvalue weighted by Crippen LogP contribution is 2.31. The Balaban J connectivity index is 2.10. The predicted octanol–water partition coefficient (Wildman–Crippen LogP) is 5.14.